The van der Waals surface area contributed by atoms with Crippen LogP contribution < -0.4 is 4.74 Å². The van der Waals surface area contributed by atoms with Crippen molar-refractivity contribution in [1.82, 2.24) is 19.7 Å². The minimum absolute atomic E-state index is 0.122. The van der Waals surface area contributed by atoms with E-state index in [-0.39, 0.29) is 12.3 Å². The second-order valence-electron chi connectivity index (χ2n) is 9.62. The van der Waals surface area contributed by atoms with Crippen LogP contribution in [-0.2, 0) is 11.3 Å². The van der Waals surface area contributed by atoms with E-state index in [0.717, 1.165) is 22.9 Å². The number of carboxylic acid groups (broad SMARTS) is 1. The summed E-state index contributed by atoms with van der Waals surface area (Å²) in [6.45, 7) is 5.01. The Bertz CT molecular complexity index is 1400. The van der Waals surface area contributed by atoms with Gasteiger partial charge in [-0.05, 0) is 49.7 Å². The average molecular weight is 517 g/mol. The molecule has 1 aliphatic rings. The normalized spacial score (nSPS) is 16.6. The van der Waals surface area contributed by atoms with Crippen LogP contribution in [-0.4, -0.2) is 55.2 Å². The summed E-state index contributed by atoms with van der Waals surface area (Å²) < 4.78 is 13.8. The van der Waals surface area contributed by atoms with Crippen molar-refractivity contribution in [2.75, 3.05) is 13.2 Å². The first-order valence-electron chi connectivity index (χ1n) is 12.9. The van der Waals surface area contributed by atoms with Gasteiger partial charge in [0.05, 0.1) is 35.7 Å². The minimum atomic E-state index is -0.954. The summed E-state index contributed by atoms with van der Waals surface area (Å²) in [7, 11) is 0. The maximum atomic E-state index is 11.8. The van der Waals surface area contributed by atoms with Gasteiger partial charge in [-0.15, -0.1) is 0 Å². The van der Waals surface area contributed by atoms with E-state index in [1.807, 2.05) is 72.3 Å². The van der Waals surface area contributed by atoms with E-state index in [1.54, 1.807) is 13.0 Å². The van der Waals surface area contributed by atoms with Gasteiger partial charge in [0.1, 0.15) is 11.4 Å². The van der Waals surface area contributed by atoms with Crippen LogP contribution in [0.4, 0.5) is 4.79 Å². The number of benzene rings is 2. The average Bonchev–Trinajstić information content (AvgIpc) is 3.24. The van der Waals surface area contributed by atoms with E-state index in [0.29, 0.717) is 48.9 Å². The Balaban J connectivity index is 1.35. The van der Waals surface area contributed by atoms with E-state index >= 15 is 0 Å². The number of pyridine rings is 1. The third kappa shape index (κ3) is 5.64. The molecule has 3 atom stereocenters. The Labute approximate surface area is 221 Å². The lowest BCUT2D eigenvalue weighted by Crippen LogP contribution is -2.32. The zero-order chi connectivity index (χ0) is 26.6. The first-order valence-corrected chi connectivity index (χ1v) is 12.9. The molecule has 2 N–H and O–H groups in total. The second kappa shape index (κ2) is 11.2. The number of ether oxygens (including phenoxy) is 2. The Kier molecular flexibility index (Phi) is 7.57. The molecular formula is C29H32N4O5. The lowest BCUT2D eigenvalue weighted by molar-refractivity contribution is -0.104. The first kappa shape index (κ1) is 25.7. The largest absolute Gasteiger partial charge is 0.491 e. The molecule has 198 valence electrons. The van der Waals surface area contributed by atoms with Gasteiger partial charge in [-0.1, -0.05) is 36.4 Å². The number of nitrogens with zero attached hydrogens (tertiary/aromatic N) is 4. The van der Waals surface area contributed by atoms with E-state index in [4.69, 9.17) is 14.6 Å². The predicted molar refractivity (Wildman–Crippen MR) is 143 cm³/mol. The molecule has 1 saturated heterocycles. The lowest BCUT2D eigenvalue weighted by atomic mass is 10.1. The number of carbonyl (C=O) groups is 1. The van der Waals surface area contributed by atoms with Crippen LogP contribution in [0.15, 0.2) is 66.7 Å². The first-order chi connectivity index (χ1) is 18.4. The van der Waals surface area contributed by atoms with Crippen LogP contribution in [0.5, 0.6) is 5.75 Å². The molecule has 0 saturated carbocycles. The molecule has 0 aliphatic carbocycles. The molecule has 38 heavy (non-hydrogen) atoms. The molecule has 1 amide bonds. The standard InChI is InChI=1S/C29H32N4O5/c1-19(13-15-32(29(35)36)18-21-7-4-3-5-8-21)38-22-11-12-26-23(17-22)28(31-33(26)27-14-16-37-27)25-10-6-9-24(30-25)20(2)34/h3-12,17,19-20,27,34H,13-16,18H2,1-2H3,(H,35,36). The van der Waals surface area contributed by atoms with Crippen LogP contribution in [0.25, 0.3) is 22.3 Å². The molecule has 1 fully saturated rings. The molecule has 0 bridgehead atoms. The van der Waals surface area contributed by atoms with E-state index in [2.05, 4.69) is 4.98 Å². The molecule has 0 radical (unpaired) electrons. The highest BCUT2D eigenvalue weighted by atomic mass is 16.5. The van der Waals surface area contributed by atoms with Crippen LogP contribution in [0.3, 0.4) is 0 Å². The van der Waals surface area contributed by atoms with Crippen molar-refractivity contribution in [3.05, 3.63) is 78.0 Å². The molecule has 0 spiro atoms. The van der Waals surface area contributed by atoms with E-state index in [9.17, 15) is 15.0 Å². The summed E-state index contributed by atoms with van der Waals surface area (Å²) in [5.74, 6) is 0.664. The second-order valence-corrected chi connectivity index (χ2v) is 9.62. The minimum Gasteiger partial charge on any atom is -0.491 e. The number of hydrogen-bond acceptors (Lipinski definition) is 6. The van der Waals surface area contributed by atoms with Gasteiger partial charge < -0.3 is 24.6 Å². The molecule has 5 rings (SSSR count). The lowest BCUT2D eigenvalue weighted by Gasteiger charge is -2.27. The molecule has 2 aromatic heterocycles. The highest BCUT2D eigenvalue weighted by molar-refractivity contribution is 5.93. The molecule has 9 nitrogen and oxygen atoms in total. The third-order valence-electron chi connectivity index (χ3n) is 6.70. The van der Waals surface area contributed by atoms with Gasteiger partial charge in [-0.2, -0.15) is 5.10 Å². The third-order valence-corrected chi connectivity index (χ3v) is 6.70. The van der Waals surface area contributed by atoms with Crippen LogP contribution in [0, 0.1) is 0 Å². The maximum Gasteiger partial charge on any atom is 0.407 e. The van der Waals surface area contributed by atoms with Crippen molar-refractivity contribution in [1.29, 1.82) is 0 Å². The Morgan fingerprint density at radius 1 is 1.16 bits per heavy atom. The van der Waals surface area contributed by atoms with Gasteiger partial charge in [-0.3, -0.25) is 0 Å². The Morgan fingerprint density at radius 3 is 2.63 bits per heavy atom. The molecule has 4 aromatic rings. The quantitative estimate of drug-likeness (QED) is 0.290. The molecule has 3 unspecified atom stereocenters. The highest BCUT2D eigenvalue weighted by Gasteiger charge is 2.26. The number of rotatable bonds is 10. The van der Waals surface area contributed by atoms with Crippen molar-refractivity contribution in [3.8, 4) is 17.1 Å². The fourth-order valence-electron chi connectivity index (χ4n) is 4.51. The highest BCUT2D eigenvalue weighted by Crippen LogP contribution is 2.35. The van der Waals surface area contributed by atoms with Gasteiger partial charge in [-0.25, -0.2) is 14.5 Å². The zero-order valence-electron chi connectivity index (χ0n) is 21.5. The summed E-state index contributed by atoms with van der Waals surface area (Å²) in [4.78, 5) is 17.8. The van der Waals surface area contributed by atoms with Crippen molar-refractivity contribution in [2.45, 2.75) is 51.7 Å². The van der Waals surface area contributed by atoms with Gasteiger partial charge in [0, 0.05) is 31.3 Å². The molecule has 1 aliphatic heterocycles. The number of hydrogen-bond donors (Lipinski definition) is 2. The smallest absolute Gasteiger partial charge is 0.407 e. The van der Waals surface area contributed by atoms with Crippen molar-refractivity contribution >= 4 is 17.0 Å². The zero-order valence-corrected chi connectivity index (χ0v) is 21.5. The van der Waals surface area contributed by atoms with Gasteiger partial charge in [0.2, 0.25) is 0 Å². The number of aliphatic hydroxyl groups excluding tert-OH is 1. The van der Waals surface area contributed by atoms with Gasteiger partial charge >= 0.3 is 6.09 Å². The number of aliphatic hydroxyl groups is 1. The van der Waals surface area contributed by atoms with Crippen LogP contribution >= 0.6 is 0 Å². The van der Waals surface area contributed by atoms with Crippen molar-refractivity contribution < 1.29 is 24.5 Å². The number of amides is 1. The van der Waals surface area contributed by atoms with E-state index < -0.39 is 12.2 Å². The van der Waals surface area contributed by atoms with E-state index in [1.165, 1.54) is 4.90 Å². The summed E-state index contributed by atoms with van der Waals surface area (Å²) in [6.07, 6.45) is -0.555. The molecule has 2 aromatic carbocycles. The monoisotopic (exact) mass is 516 g/mol. The SMILES string of the molecule is CC(CCN(Cc1ccccc1)C(=O)O)Oc1ccc2c(c1)c(-c1cccc(C(C)O)n1)nn2C1CCO1. The van der Waals surface area contributed by atoms with Gasteiger partial charge in [0.25, 0.3) is 0 Å². The summed E-state index contributed by atoms with van der Waals surface area (Å²) in [5.41, 5.74) is 3.78. The maximum absolute atomic E-state index is 11.8. The fourth-order valence-corrected chi connectivity index (χ4v) is 4.51. The Hall–Kier alpha value is -3.95. The Morgan fingerprint density at radius 2 is 1.95 bits per heavy atom. The van der Waals surface area contributed by atoms with Crippen LogP contribution in [0.2, 0.25) is 0 Å². The summed E-state index contributed by atoms with van der Waals surface area (Å²) in [5, 5.41) is 25.4. The van der Waals surface area contributed by atoms with Crippen molar-refractivity contribution in [3.63, 3.8) is 0 Å². The topological polar surface area (TPSA) is 110 Å². The molecular weight excluding hydrogens is 484 g/mol. The van der Waals surface area contributed by atoms with Crippen LogP contribution in [0.1, 0.15) is 50.3 Å². The summed E-state index contributed by atoms with van der Waals surface area (Å²) in [6, 6.07) is 20.9. The van der Waals surface area contributed by atoms with Crippen molar-refractivity contribution in [2.24, 2.45) is 0 Å². The fraction of sp³-hybridized carbons (Fsp3) is 0.345. The predicted octanol–water partition coefficient (Wildman–Crippen LogP) is 5.41. The number of aromatic nitrogens is 3. The number of fused-ring (bicyclic) bond motifs is 1. The molecule has 9 heteroatoms. The molecule has 3 heterocycles. The summed E-state index contributed by atoms with van der Waals surface area (Å²) >= 11 is 0. The van der Waals surface area contributed by atoms with Gasteiger partial charge in [0.15, 0.2) is 6.23 Å².